The van der Waals surface area contributed by atoms with E-state index in [9.17, 15) is 0 Å². The van der Waals surface area contributed by atoms with E-state index in [1.54, 1.807) is 0 Å². The van der Waals surface area contributed by atoms with Gasteiger partial charge in [0.25, 0.3) is 0 Å². The minimum Gasteiger partial charge on any atom is -0.357 e. The third-order valence-corrected chi connectivity index (χ3v) is 3.81. The van der Waals surface area contributed by atoms with Crippen molar-refractivity contribution < 1.29 is 0 Å². The van der Waals surface area contributed by atoms with Crippen molar-refractivity contribution in [3.05, 3.63) is 0 Å². The van der Waals surface area contributed by atoms with Gasteiger partial charge in [0.1, 0.15) is 0 Å². The van der Waals surface area contributed by atoms with Gasteiger partial charge >= 0.3 is 0 Å². The van der Waals surface area contributed by atoms with Gasteiger partial charge in [-0.2, -0.15) is 11.8 Å². The van der Waals surface area contributed by atoms with Crippen LogP contribution in [-0.4, -0.2) is 61.1 Å². The summed E-state index contributed by atoms with van der Waals surface area (Å²) in [6.07, 6.45) is 3.28. The first-order chi connectivity index (χ1) is 9.52. The monoisotopic (exact) mass is 302 g/mol. The molecule has 0 unspecified atom stereocenters. The normalized spacial score (nSPS) is 12.6. The highest BCUT2D eigenvalue weighted by molar-refractivity contribution is 7.98. The first-order valence-corrected chi connectivity index (χ1v) is 9.19. The minimum absolute atomic E-state index is 0.581. The molecule has 0 aromatic heterocycles. The van der Waals surface area contributed by atoms with Crippen molar-refractivity contribution in [2.45, 2.75) is 53.1 Å². The molecule has 0 heterocycles. The second-order valence-electron chi connectivity index (χ2n) is 5.46. The van der Waals surface area contributed by atoms with Gasteiger partial charge in [0.2, 0.25) is 0 Å². The van der Waals surface area contributed by atoms with Crippen molar-refractivity contribution in [1.82, 2.24) is 15.5 Å². The van der Waals surface area contributed by atoms with Gasteiger partial charge in [-0.15, -0.1) is 0 Å². The summed E-state index contributed by atoms with van der Waals surface area (Å²) in [5, 5.41) is 6.73. The maximum Gasteiger partial charge on any atom is 0.191 e. The molecule has 4 nitrogen and oxygen atoms in total. The highest BCUT2D eigenvalue weighted by Crippen LogP contribution is 2.03. The molecule has 2 N–H and O–H groups in total. The van der Waals surface area contributed by atoms with Crippen molar-refractivity contribution >= 4 is 17.7 Å². The van der Waals surface area contributed by atoms with Gasteiger partial charge in [-0.25, -0.2) is 0 Å². The number of guanidine groups is 1. The number of rotatable bonds is 10. The zero-order valence-electron chi connectivity index (χ0n) is 14.2. The predicted molar refractivity (Wildman–Crippen MR) is 94.0 cm³/mol. The molecule has 0 bridgehead atoms. The minimum atomic E-state index is 0.581. The molecule has 0 aliphatic rings. The largest absolute Gasteiger partial charge is 0.357 e. The third kappa shape index (κ3) is 9.48. The van der Waals surface area contributed by atoms with Crippen molar-refractivity contribution in [3.63, 3.8) is 0 Å². The van der Waals surface area contributed by atoms with E-state index in [2.05, 4.69) is 61.4 Å². The van der Waals surface area contributed by atoms with Crippen LogP contribution < -0.4 is 10.6 Å². The van der Waals surface area contributed by atoms with Crippen LogP contribution in [0.1, 0.15) is 41.0 Å². The van der Waals surface area contributed by atoms with E-state index >= 15 is 0 Å². The van der Waals surface area contributed by atoms with Crippen LogP contribution in [0.5, 0.6) is 0 Å². The second-order valence-corrected chi connectivity index (χ2v) is 6.44. The van der Waals surface area contributed by atoms with Gasteiger partial charge in [0, 0.05) is 38.3 Å². The molecular weight excluding hydrogens is 268 g/mol. The summed E-state index contributed by atoms with van der Waals surface area (Å²) in [4.78, 5) is 7.09. The lowest BCUT2D eigenvalue weighted by atomic mass is 10.2. The zero-order chi connectivity index (χ0) is 15.4. The van der Waals surface area contributed by atoms with Crippen LogP contribution in [0.4, 0.5) is 0 Å². The van der Waals surface area contributed by atoms with Crippen LogP contribution in [0.3, 0.4) is 0 Å². The highest BCUT2D eigenvalue weighted by Gasteiger charge is 2.12. The molecule has 0 radical (unpaired) electrons. The fraction of sp³-hybridized carbons (Fsp3) is 0.933. The van der Waals surface area contributed by atoms with Crippen LogP contribution in [0, 0.1) is 0 Å². The number of aliphatic imine (C=N–C) groups is 1. The van der Waals surface area contributed by atoms with Crippen LogP contribution in [0.25, 0.3) is 0 Å². The van der Waals surface area contributed by atoms with E-state index in [-0.39, 0.29) is 0 Å². The molecule has 0 fully saturated rings. The van der Waals surface area contributed by atoms with Gasteiger partial charge < -0.3 is 10.6 Å². The third-order valence-electron chi connectivity index (χ3n) is 3.11. The van der Waals surface area contributed by atoms with Crippen molar-refractivity contribution in [2.24, 2.45) is 4.99 Å². The van der Waals surface area contributed by atoms with E-state index in [4.69, 9.17) is 0 Å². The Labute approximate surface area is 130 Å². The topological polar surface area (TPSA) is 39.7 Å². The lowest BCUT2D eigenvalue weighted by molar-refractivity contribution is 0.178. The number of nitrogens with one attached hydrogen (secondary N) is 2. The molecule has 0 aromatic rings. The summed E-state index contributed by atoms with van der Waals surface area (Å²) in [6.45, 7) is 14.9. The average Bonchev–Trinajstić information content (AvgIpc) is 2.38. The van der Waals surface area contributed by atoms with Gasteiger partial charge in [-0.1, -0.05) is 0 Å². The smallest absolute Gasteiger partial charge is 0.191 e. The van der Waals surface area contributed by atoms with Gasteiger partial charge in [0.15, 0.2) is 5.96 Å². The quantitative estimate of drug-likeness (QED) is 0.369. The lowest BCUT2D eigenvalue weighted by Gasteiger charge is -2.30. The summed E-state index contributed by atoms with van der Waals surface area (Å²) >= 11 is 1.88. The van der Waals surface area contributed by atoms with Gasteiger partial charge in [0.05, 0.1) is 0 Å². The number of hydrogen-bond donors (Lipinski definition) is 2. The summed E-state index contributed by atoms with van der Waals surface area (Å²) in [6, 6.07) is 1.16. The van der Waals surface area contributed by atoms with E-state index in [1.807, 2.05) is 11.8 Å². The van der Waals surface area contributed by atoms with Gasteiger partial charge in [-0.3, -0.25) is 9.89 Å². The van der Waals surface area contributed by atoms with Crippen molar-refractivity contribution in [3.8, 4) is 0 Å². The van der Waals surface area contributed by atoms with E-state index in [1.165, 1.54) is 5.75 Å². The Balaban J connectivity index is 4.12. The van der Waals surface area contributed by atoms with E-state index < -0.39 is 0 Å². The number of hydrogen-bond acceptors (Lipinski definition) is 3. The highest BCUT2D eigenvalue weighted by atomic mass is 32.2. The maximum absolute atomic E-state index is 4.60. The second kappa shape index (κ2) is 12.3. The average molecular weight is 303 g/mol. The van der Waals surface area contributed by atoms with Crippen LogP contribution in [0.15, 0.2) is 4.99 Å². The molecule has 0 saturated carbocycles. The lowest BCUT2D eigenvalue weighted by Crippen LogP contribution is -2.45. The molecule has 0 aromatic carbocycles. The molecule has 0 saturated heterocycles. The molecule has 0 aliphatic heterocycles. The molecule has 120 valence electrons. The SMILES string of the molecule is CCNC(=NCCCSC)NCCN(C(C)C)C(C)C. The first kappa shape index (κ1) is 19.6. The van der Waals surface area contributed by atoms with Crippen molar-refractivity contribution in [2.75, 3.05) is 38.2 Å². The van der Waals surface area contributed by atoms with E-state index in [0.29, 0.717) is 12.1 Å². The maximum atomic E-state index is 4.60. The van der Waals surface area contributed by atoms with Gasteiger partial charge in [-0.05, 0) is 53.0 Å². The van der Waals surface area contributed by atoms with Crippen LogP contribution in [-0.2, 0) is 0 Å². The molecular formula is C15H34N4S. The number of nitrogens with zero attached hydrogens (tertiary/aromatic N) is 2. The Kier molecular flexibility index (Phi) is 12.1. The standard InChI is InChI=1S/C15H34N4S/c1-7-16-15(17-9-8-12-20-6)18-10-11-19(13(2)3)14(4)5/h13-14H,7-12H2,1-6H3,(H2,16,17,18). The molecule has 0 atom stereocenters. The fourth-order valence-electron chi connectivity index (χ4n) is 2.16. The molecule has 0 spiro atoms. The summed E-state index contributed by atoms with van der Waals surface area (Å²) in [7, 11) is 0. The summed E-state index contributed by atoms with van der Waals surface area (Å²) < 4.78 is 0. The molecule has 0 rings (SSSR count). The first-order valence-electron chi connectivity index (χ1n) is 7.79. The fourth-order valence-corrected chi connectivity index (χ4v) is 2.58. The Morgan fingerprint density at radius 1 is 1.15 bits per heavy atom. The Morgan fingerprint density at radius 3 is 2.30 bits per heavy atom. The molecule has 5 heteroatoms. The van der Waals surface area contributed by atoms with Crippen molar-refractivity contribution in [1.29, 1.82) is 0 Å². The summed E-state index contributed by atoms with van der Waals surface area (Å²) in [5.41, 5.74) is 0. The molecule has 20 heavy (non-hydrogen) atoms. The molecule has 0 aliphatic carbocycles. The predicted octanol–water partition coefficient (Wildman–Crippen LogP) is 2.41. The Hall–Kier alpha value is -0.420. The molecule has 0 amide bonds. The Morgan fingerprint density at radius 2 is 1.80 bits per heavy atom. The van der Waals surface area contributed by atoms with Crippen LogP contribution >= 0.6 is 11.8 Å². The van der Waals surface area contributed by atoms with Crippen LogP contribution in [0.2, 0.25) is 0 Å². The number of thioether (sulfide) groups is 1. The van der Waals surface area contributed by atoms with E-state index in [0.717, 1.165) is 38.6 Å². The summed E-state index contributed by atoms with van der Waals surface area (Å²) in [5.74, 6) is 2.12. The Bertz CT molecular complexity index is 246. The zero-order valence-corrected chi connectivity index (χ0v) is 15.0.